The van der Waals surface area contributed by atoms with Gasteiger partial charge in [-0.25, -0.2) is 4.68 Å². The van der Waals surface area contributed by atoms with Crippen LogP contribution >= 0.6 is 0 Å². The van der Waals surface area contributed by atoms with Gasteiger partial charge in [-0.1, -0.05) is 42.5 Å². The molecule has 1 aliphatic heterocycles. The van der Waals surface area contributed by atoms with Crippen molar-refractivity contribution < 1.29 is 9.47 Å². The van der Waals surface area contributed by atoms with Gasteiger partial charge in [0, 0.05) is 30.4 Å². The van der Waals surface area contributed by atoms with Crippen LogP contribution in [0.5, 0.6) is 0 Å². The Morgan fingerprint density at radius 1 is 1.10 bits per heavy atom. The average Bonchev–Trinajstić information content (AvgIpc) is 3.14. The summed E-state index contributed by atoms with van der Waals surface area (Å²) in [4.78, 5) is 2.29. The fourth-order valence-corrected chi connectivity index (χ4v) is 3.80. The van der Waals surface area contributed by atoms with E-state index < -0.39 is 0 Å². The predicted octanol–water partition coefficient (Wildman–Crippen LogP) is 4.00. The number of likely N-dealkylation sites (N-methyl/N-ethyl adjacent to an activating group) is 1. The van der Waals surface area contributed by atoms with E-state index in [1.807, 2.05) is 10.7 Å². The first-order valence-corrected chi connectivity index (χ1v) is 10.2. The van der Waals surface area contributed by atoms with Crippen molar-refractivity contribution in [2.75, 3.05) is 33.4 Å². The van der Waals surface area contributed by atoms with Crippen molar-refractivity contribution in [1.82, 2.24) is 14.7 Å². The smallest absolute Gasteiger partial charge is 0.0972 e. The summed E-state index contributed by atoms with van der Waals surface area (Å²) in [5, 5.41) is 4.99. The van der Waals surface area contributed by atoms with Gasteiger partial charge in [0.1, 0.15) is 0 Å². The molecule has 0 N–H and O–H groups in total. The SMILES string of the molecule is Cc1ccc(C)c(-n2cc(CN(C)C[C@H]3COCCO3)c(-c3ccccc3)n2)c1. The summed E-state index contributed by atoms with van der Waals surface area (Å²) in [5.74, 6) is 0. The van der Waals surface area contributed by atoms with Gasteiger partial charge in [-0.05, 0) is 38.1 Å². The first-order chi connectivity index (χ1) is 14.1. The van der Waals surface area contributed by atoms with E-state index in [9.17, 15) is 0 Å². The van der Waals surface area contributed by atoms with E-state index in [1.165, 1.54) is 16.7 Å². The predicted molar refractivity (Wildman–Crippen MR) is 115 cm³/mol. The second kappa shape index (κ2) is 8.91. The molecule has 0 radical (unpaired) electrons. The molecule has 0 amide bonds. The van der Waals surface area contributed by atoms with E-state index in [2.05, 4.69) is 74.5 Å². The fourth-order valence-electron chi connectivity index (χ4n) is 3.80. The molecule has 0 spiro atoms. The lowest BCUT2D eigenvalue weighted by Gasteiger charge is -2.27. The first-order valence-electron chi connectivity index (χ1n) is 10.2. The summed E-state index contributed by atoms with van der Waals surface area (Å²) < 4.78 is 13.4. The van der Waals surface area contributed by atoms with Crippen LogP contribution in [0.4, 0.5) is 0 Å². The number of benzene rings is 2. The molecule has 152 valence electrons. The van der Waals surface area contributed by atoms with Gasteiger partial charge in [0.05, 0.1) is 37.3 Å². The summed E-state index contributed by atoms with van der Waals surface area (Å²) in [6.45, 7) is 7.92. The summed E-state index contributed by atoms with van der Waals surface area (Å²) in [5.41, 5.74) is 6.94. The van der Waals surface area contributed by atoms with Crippen LogP contribution in [0.3, 0.4) is 0 Å². The van der Waals surface area contributed by atoms with Gasteiger partial charge in [0.2, 0.25) is 0 Å². The van der Waals surface area contributed by atoms with Gasteiger partial charge >= 0.3 is 0 Å². The molecule has 1 aliphatic rings. The third-order valence-electron chi connectivity index (χ3n) is 5.29. The normalized spacial score (nSPS) is 17.0. The standard InChI is InChI=1S/C24H29N3O2/c1-18-9-10-19(2)23(13-18)27-15-21(24(25-27)20-7-5-4-6-8-20)14-26(3)16-22-17-28-11-12-29-22/h4-10,13,15,22H,11-12,14,16-17H2,1-3H3/t22-/m0/s1. The Bertz CT molecular complexity index is 946. The van der Waals surface area contributed by atoms with Gasteiger partial charge in [-0.3, -0.25) is 4.90 Å². The minimum absolute atomic E-state index is 0.128. The Labute approximate surface area is 172 Å². The molecule has 1 aromatic heterocycles. The molecule has 5 heteroatoms. The minimum atomic E-state index is 0.128. The highest BCUT2D eigenvalue weighted by Crippen LogP contribution is 2.26. The van der Waals surface area contributed by atoms with Crippen LogP contribution in [0.1, 0.15) is 16.7 Å². The lowest BCUT2D eigenvalue weighted by Crippen LogP contribution is -2.38. The number of ether oxygens (including phenoxy) is 2. The highest BCUT2D eigenvalue weighted by atomic mass is 16.6. The highest BCUT2D eigenvalue weighted by molar-refractivity contribution is 5.63. The van der Waals surface area contributed by atoms with Crippen LogP contribution in [0.15, 0.2) is 54.7 Å². The van der Waals surface area contributed by atoms with E-state index in [1.54, 1.807) is 0 Å². The molecule has 4 rings (SSSR count). The van der Waals surface area contributed by atoms with Crippen molar-refractivity contribution in [3.63, 3.8) is 0 Å². The number of rotatable bonds is 6. The van der Waals surface area contributed by atoms with E-state index >= 15 is 0 Å². The van der Waals surface area contributed by atoms with Crippen LogP contribution in [0.2, 0.25) is 0 Å². The number of hydrogen-bond donors (Lipinski definition) is 0. The second-order valence-electron chi connectivity index (χ2n) is 7.87. The van der Waals surface area contributed by atoms with Gasteiger partial charge < -0.3 is 9.47 Å². The van der Waals surface area contributed by atoms with Crippen LogP contribution in [0.25, 0.3) is 16.9 Å². The summed E-state index contributed by atoms with van der Waals surface area (Å²) >= 11 is 0. The van der Waals surface area contributed by atoms with E-state index in [0.717, 1.165) is 30.0 Å². The maximum atomic E-state index is 5.82. The average molecular weight is 392 g/mol. The van der Waals surface area contributed by atoms with Crippen molar-refractivity contribution in [1.29, 1.82) is 0 Å². The molecule has 3 aromatic rings. The van der Waals surface area contributed by atoms with Crippen molar-refractivity contribution in [2.24, 2.45) is 0 Å². The second-order valence-corrected chi connectivity index (χ2v) is 7.87. The Morgan fingerprint density at radius 3 is 2.69 bits per heavy atom. The highest BCUT2D eigenvalue weighted by Gasteiger charge is 2.19. The maximum absolute atomic E-state index is 5.82. The molecular formula is C24H29N3O2. The third-order valence-corrected chi connectivity index (χ3v) is 5.29. The van der Waals surface area contributed by atoms with Crippen LogP contribution in [-0.2, 0) is 16.0 Å². The van der Waals surface area contributed by atoms with Gasteiger partial charge in [0.25, 0.3) is 0 Å². The van der Waals surface area contributed by atoms with Crippen molar-refractivity contribution in [3.05, 3.63) is 71.4 Å². The third kappa shape index (κ3) is 4.75. The zero-order chi connectivity index (χ0) is 20.2. The van der Waals surface area contributed by atoms with Crippen LogP contribution in [0, 0.1) is 13.8 Å². The zero-order valence-corrected chi connectivity index (χ0v) is 17.5. The summed E-state index contributed by atoms with van der Waals surface area (Å²) in [7, 11) is 2.13. The van der Waals surface area contributed by atoms with Crippen LogP contribution < -0.4 is 0 Å². The minimum Gasteiger partial charge on any atom is -0.376 e. The molecule has 29 heavy (non-hydrogen) atoms. The molecule has 0 aliphatic carbocycles. The molecule has 2 aromatic carbocycles. The number of aryl methyl sites for hydroxylation is 2. The maximum Gasteiger partial charge on any atom is 0.0972 e. The Morgan fingerprint density at radius 2 is 1.93 bits per heavy atom. The Kier molecular flexibility index (Phi) is 6.09. The first kappa shape index (κ1) is 19.8. The van der Waals surface area contributed by atoms with Crippen LogP contribution in [-0.4, -0.2) is 54.2 Å². The summed E-state index contributed by atoms with van der Waals surface area (Å²) in [6.07, 6.45) is 2.29. The van der Waals surface area contributed by atoms with Gasteiger partial charge in [0.15, 0.2) is 0 Å². The van der Waals surface area contributed by atoms with Gasteiger partial charge in [-0.2, -0.15) is 5.10 Å². The van der Waals surface area contributed by atoms with E-state index in [4.69, 9.17) is 14.6 Å². The van der Waals surface area contributed by atoms with Crippen molar-refractivity contribution >= 4 is 0 Å². The molecule has 0 saturated carbocycles. The largest absolute Gasteiger partial charge is 0.376 e. The molecule has 5 nitrogen and oxygen atoms in total. The fraction of sp³-hybridized carbons (Fsp3) is 0.375. The molecule has 0 bridgehead atoms. The molecule has 1 fully saturated rings. The molecule has 2 heterocycles. The quantitative estimate of drug-likeness (QED) is 0.637. The summed E-state index contributed by atoms with van der Waals surface area (Å²) in [6, 6.07) is 16.9. The zero-order valence-electron chi connectivity index (χ0n) is 17.5. The lowest BCUT2D eigenvalue weighted by molar-refractivity contribution is -0.0962. The number of aromatic nitrogens is 2. The van der Waals surface area contributed by atoms with Crippen molar-refractivity contribution in [3.8, 4) is 16.9 Å². The molecular weight excluding hydrogens is 362 g/mol. The molecule has 1 saturated heterocycles. The topological polar surface area (TPSA) is 39.5 Å². The molecule has 0 unspecified atom stereocenters. The van der Waals surface area contributed by atoms with Crippen molar-refractivity contribution in [2.45, 2.75) is 26.5 Å². The van der Waals surface area contributed by atoms with E-state index in [0.29, 0.717) is 19.8 Å². The monoisotopic (exact) mass is 391 g/mol. The number of hydrogen-bond acceptors (Lipinski definition) is 4. The van der Waals surface area contributed by atoms with Gasteiger partial charge in [-0.15, -0.1) is 0 Å². The lowest BCUT2D eigenvalue weighted by atomic mass is 10.1. The Balaban J connectivity index is 1.64. The Hall–Kier alpha value is -2.47. The number of nitrogens with zero attached hydrogens (tertiary/aromatic N) is 3. The van der Waals surface area contributed by atoms with E-state index in [-0.39, 0.29) is 6.10 Å². The molecule has 1 atom stereocenters.